The summed E-state index contributed by atoms with van der Waals surface area (Å²) in [6.07, 6.45) is 1.51. The number of hydrogen-bond donors (Lipinski definition) is 1. The van der Waals surface area contributed by atoms with Crippen molar-refractivity contribution in [1.82, 2.24) is 0 Å². The Morgan fingerprint density at radius 3 is 2.50 bits per heavy atom. The Labute approximate surface area is 96.6 Å². The van der Waals surface area contributed by atoms with Crippen molar-refractivity contribution in [2.75, 3.05) is 13.7 Å². The lowest BCUT2D eigenvalue weighted by Gasteiger charge is -2.27. The zero-order valence-corrected chi connectivity index (χ0v) is 9.90. The van der Waals surface area contributed by atoms with E-state index in [-0.39, 0.29) is 5.97 Å². The Balaban J connectivity index is 2.99. The van der Waals surface area contributed by atoms with Crippen molar-refractivity contribution >= 4 is 5.97 Å². The molecule has 2 N–H and O–H groups in total. The molecule has 1 aromatic rings. The maximum Gasteiger partial charge on any atom is 0.315 e. The summed E-state index contributed by atoms with van der Waals surface area (Å²) >= 11 is 0. The van der Waals surface area contributed by atoms with Crippen LogP contribution in [0.25, 0.3) is 0 Å². The molecule has 0 aliphatic rings. The first-order chi connectivity index (χ1) is 7.65. The highest BCUT2D eigenvalue weighted by Crippen LogP contribution is 2.30. The van der Waals surface area contributed by atoms with Gasteiger partial charge in [-0.25, -0.2) is 0 Å². The summed E-state index contributed by atoms with van der Waals surface area (Å²) in [5.41, 5.74) is 5.90. The lowest BCUT2D eigenvalue weighted by molar-refractivity contribution is -0.147. The third kappa shape index (κ3) is 2.61. The number of hydrogen-bond acceptors (Lipinski definition) is 3. The van der Waals surface area contributed by atoms with Crippen molar-refractivity contribution in [1.29, 1.82) is 0 Å². The van der Waals surface area contributed by atoms with Crippen LogP contribution in [0.15, 0.2) is 30.3 Å². The summed E-state index contributed by atoms with van der Waals surface area (Å²) in [5.74, 6) is -0.202. The molecule has 0 radical (unpaired) electrons. The number of ether oxygens (including phenoxy) is 1. The van der Waals surface area contributed by atoms with Crippen LogP contribution in [0.5, 0.6) is 0 Å². The van der Waals surface area contributed by atoms with Gasteiger partial charge >= 0.3 is 5.97 Å². The fourth-order valence-corrected chi connectivity index (χ4v) is 1.85. The number of rotatable bonds is 5. The quantitative estimate of drug-likeness (QED) is 0.772. The minimum atomic E-state index is -0.588. The van der Waals surface area contributed by atoms with Crippen molar-refractivity contribution in [2.24, 2.45) is 5.73 Å². The van der Waals surface area contributed by atoms with Crippen LogP contribution < -0.4 is 5.73 Å². The molecule has 1 aromatic carbocycles. The van der Waals surface area contributed by atoms with Gasteiger partial charge in [0.1, 0.15) is 0 Å². The average Bonchev–Trinajstić information content (AvgIpc) is 2.36. The first kappa shape index (κ1) is 12.7. The summed E-state index contributed by atoms with van der Waals surface area (Å²) in [7, 11) is 1.42. The molecule has 16 heavy (non-hydrogen) atoms. The zero-order valence-electron chi connectivity index (χ0n) is 9.90. The predicted molar refractivity (Wildman–Crippen MR) is 64.1 cm³/mol. The smallest absolute Gasteiger partial charge is 0.315 e. The van der Waals surface area contributed by atoms with Crippen LogP contribution in [-0.4, -0.2) is 19.6 Å². The van der Waals surface area contributed by atoms with E-state index in [0.29, 0.717) is 13.0 Å². The second-order valence-electron chi connectivity index (χ2n) is 4.08. The van der Waals surface area contributed by atoms with Gasteiger partial charge in [0.2, 0.25) is 0 Å². The first-order valence-electron chi connectivity index (χ1n) is 5.49. The van der Waals surface area contributed by atoms with Gasteiger partial charge in [-0.05, 0) is 31.9 Å². The van der Waals surface area contributed by atoms with Crippen LogP contribution in [0.3, 0.4) is 0 Å². The molecule has 0 spiro atoms. The monoisotopic (exact) mass is 221 g/mol. The maximum atomic E-state index is 11.9. The van der Waals surface area contributed by atoms with Crippen LogP contribution in [0.1, 0.15) is 25.3 Å². The van der Waals surface area contributed by atoms with E-state index in [9.17, 15) is 4.79 Å². The van der Waals surface area contributed by atoms with Crippen LogP contribution in [-0.2, 0) is 14.9 Å². The number of esters is 1. The molecule has 3 nitrogen and oxygen atoms in total. The van der Waals surface area contributed by atoms with E-state index in [0.717, 1.165) is 12.0 Å². The van der Waals surface area contributed by atoms with Gasteiger partial charge in [-0.15, -0.1) is 0 Å². The fraction of sp³-hybridized carbons (Fsp3) is 0.462. The minimum Gasteiger partial charge on any atom is -0.468 e. The normalized spacial score (nSPS) is 14.2. The first-order valence-corrected chi connectivity index (χ1v) is 5.49. The number of carbonyl (C=O) groups is 1. The van der Waals surface area contributed by atoms with Gasteiger partial charge < -0.3 is 10.5 Å². The van der Waals surface area contributed by atoms with Gasteiger partial charge in [-0.1, -0.05) is 30.3 Å². The lowest BCUT2D eigenvalue weighted by atomic mass is 9.78. The summed E-state index contributed by atoms with van der Waals surface area (Å²) in [5, 5.41) is 0. The molecule has 0 aromatic heterocycles. The summed E-state index contributed by atoms with van der Waals surface area (Å²) < 4.78 is 4.89. The number of carbonyl (C=O) groups excluding carboxylic acids is 1. The molecule has 0 fully saturated rings. The largest absolute Gasteiger partial charge is 0.468 e. The molecule has 3 heteroatoms. The SMILES string of the molecule is COC(=O)C(C)(CCCN)c1ccccc1. The molecule has 0 heterocycles. The van der Waals surface area contributed by atoms with E-state index in [2.05, 4.69) is 0 Å². The second kappa shape index (κ2) is 5.66. The summed E-state index contributed by atoms with van der Waals surface area (Å²) in [6, 6.07) is 9.70. The van der Waals surface area contributed by atoms with Gasteiger partial charge in [-0.3, -0.25) is 4.79 Å². The van der Waals surface area contributed by atoms with Crippen molar-refractivity contribution in [2.45, 2.75) is 25.2 Å². The van der Waals surface area contributed by atoms with E-state index in [1.165, 1.54) is 7.11 Å². The van der Waals surface area contributed by atoms with Crippen LogP contribution in [0, 0.1) is 0 Å². The Morgan fingerprint density at radius 2 is 2.00 bits per heavy atom. The maximum absolute atomic E-state index is 11.9. The fourth-order valence-electron chi connectivity index (χ4n) is 1.85. The number of benzene rings is 1. The zero-order chi connectivity index (χ0) is 12.0. The van der Waals surface area contributed by atoms with Gasteiger partial charge in [-0.2, -0.15) is 0 Å². The average molecular weight is 221 g/mol. The van der Waals surface area contributed by atoms with Gasteiger partial charge in [0.15, 0.2) is 0 Å². The standard InChI is InChI=1S/C13H19NO2/c1-13(9-6-10-14,12(15)16-2)11-7-4-3-5-8-11/h3-5,7-8H,6,9-10,14H2,1-2H3. The van der Waals surface area contributed by atoms with Crippen LogP contribution in [0.2, 0.25) is 0 Å². The summed E-state index contributed by atoms with van der Waals surface area (Å²) in [6.45, 7) is 2.49. The second-order valence-corrected chi connectivity index (χ2v) is 4.08. The van der Waals surface area contributed by atoms with Crippen molar-refractivity contribution in [3.05, 3.63) is 35.9 Å². The van der Waals surface area contributed by atoms with Gasteiger partial charge in [0.25, 0.3) is 0 Å². The third-order valence-electron chi connectivity index (χ3n) is 2.93. The Bertz CT molecular complexity index is 337. The highest BCUT2D eigenvalue weighted by atomic mass is 16.5. The third-order valence-corrected chi connectivity index (χ3v) is 2.93. The molecule has 1 unspecified atom stereocenters. The van der Waals surface area contributed by atoms with Crippen molar-refractivity contribution in [3.63, 3.8) is 0 Å². The van der Waals surface area contributed by atoms with Gasteiger partial charge in [0.05, 0.1) is 12.5 Å². The Hall–Kier alpha value is -1.35. The predicted octanol–water partition coefficient (Wildman–Crippen LogP) is 1.86. The van der Waals surface area contributed by atoms with E-state index in [4.69, 9.17) is 10.5 Å². The molecule has 0 aliphatic heterocycles. The number of nitrogens with two attached hydrogens (primary N) is 1. The van der Waals surface area contributed by atoms with E-state index >= 15 is 0 Å². The molecule has 0 aliphatic carbocycles. The summed E-state index contributed by atoms with van der Waals surface area (Å²) in [4.78, 5) is 11.9. The molecule has 88 valence electrons. The molecule has 0 saturated heterocycles. The van der Waals surface area contributed by atoms with Crippen LogP contribution in [0.4, 0.5) is 0 Å². The molecule has 0 bridgehead atoms. The van der Waals surface area contributed by atoms with E-state index in [1.807, 2.05) is 37.3 Å². The Kier molecular flexibility index (Phi) is 4.50. The molecule has 1 atom stereocenters. The van der Waals surface area contributed by atoms with Crippen molar-refractivity contribution < 1.29 is 9.53 Å². The Morgan fingerprint density at radius 1 is 1.38 bits per heavy atom. The van der Waals surface area contributed by atoms with Crippen molar-refractivity contribution in [3.8, 4) is 0 Å². The minimum absolute atomic E-state index is 0.202. The molecule has 1 rings (SSSR count). The molecule has 0 amide bonds. The van der Waals surface area contributed by atoms with Gasteiger partial charge in [0, 0.05) is 0 Å². The molecular weight excluding hydrogens is 202 g/mol. The van der Waals surface area contributed by atoms with E-state index in [1.54, 1.807) is 0 Å². The highest BCUT2D eigenvalue weighted by molar-refractivity contribution is 5.82. The molecular formula is C13H19NO2. The molecule has 0 saturated carbocycles. The van der Waals surface area contributed by atoms with Crippen LogP contribution >= 0.6 is 0 Å². The number of methoxy groups -OCH3 is 1. The highest BCUT2D eigenvalue weighted by Gasteiger charge is 2.35. The topological polar surface area (TPSA) is 52.3 Å². The van der Waals surface area contributed by atoms with E-state index < -0.39 is 5.41 Å². The lowest BCUT2D eigenvalue weighted by Crippen LogP contribution is -2.34.